The van der Waals surface area contributed by atoms with Gasteiger partial charge in [-0.05, 0) is 36.9 Å². The van der Waals surface area contributed by atoms with Gasteiger partial charge in [0.1, 0.15) is 0 Å². The number of hydrogen-bond acceptors (Lipinski definition) is 3. The zero-order valence-corrected chi connectivity index (χ0v) is 13.6. The Hall–Kier alpha value is 0.0600. The van der Waals surface area contributed by atoms with Gasteiger partial charge >= 0.3 is 5.51 Å². The molecule has 21 heavy (non-hydrogen) atoms. The van der Waals surface area contributed by atoms with E-state index in [4.69, 9.17) is 0 Å². The smallest absolute Gasteiger partial charge is 0.311 e. The van der Waals surface area contributed by atoms with Crippen LogP contribution in [0.5, 0.6) is 0 Å². The first-order valence-corrected chi connectivity index (χ1v) is 9.16. The normalized spacial score (nSPS) is 29.7. The maximum absolute atomic E-state index is 12.3. The molecular formula is C15H27F3N2S. The summed E-state index contributed by atoms with van der Waals surface area (Å²) in [6, 6.07) is 0.864. The van der Waals surface area contributed by atoms with E-state index in [-0.39, 0.29) is 17.5 Å². The van der Waals surface area contributed by atoms with Crippen molar-refractivity contribution in [1.29, 1.82) is 0 Å². The molecule has 124 valence electrons. The second-order valence-corrected chi connectivity index (χ2v) is 7.43. The van der Waals surface area contributed by atoms with Gasteiger partial charge in [-0.15, -0.1) is 0 Å². The number of halogens is 3. The Morgan fingerprint density at radius 1 is 1.19 bits per heavy atom. The molecular weight excluding hydrogens is 297 g/mol. The highest BCUT2D eigenvalue weighted by molar-refractivity contribution is 8.00. The van der Waals surface area contributed by atoms with E-state index in [1.807, 2.05) is 0 Å². The quantitative estimate of drug-likeness (QED) is 0.826. The van der Waals surface area contributed by atoms with E-state index in [0.717, 1.165) is 19.5 Å². The summed E-state index contributed by atoms with van der Waals surface area (Å²) in [6.07, 6.45) is 7.41. The number of hydrogen-bond donors (Lipinski definition) is 1. The number of nitrogens with zero attached hydrogens (tertiary/aromatic N) is 1. The highest BCUT2D eigenvalue weighted by Gasteiger charge is 2.34. The van der Waals surface area contributed by atoms with Gasteiger partial charge in [-0.25, -0.2) is 0 Å². The van der Waals surface area contributed by atoms with Crippen LogP contribution in [0.3, 0.4) is 0 Å². The molecule has 2 unspecified atom stereocenters. The third kappa shape index (κ3) is 5.64. The topological polar surface area (TPSA) is 15.3 Å². The van der Waals surface area contributed by atoms with Gasteiger partial charge in [0, 0.05) is 37.5 Å². The molecule has 1 saturated carbocycles. The third-order valence-corrected chi connectivity index (χ3v) is 5.58. The summed E-state index contributed by atoms with van der Waals surface area (Å²) < 4.78 is 37.0. The molecule has 0 aromatic carbocycles. The van der Waals surface area contributed by atoms with Gasteiger partial charge in [0.05, 0.1) is 0 Å². The molecule has 1 aliphatic carbocycles. The summed E-state index contributed by atoms with van der Waals surface area (Å²) in [5.74, 6) is 0.823. The average molecular weight is 324 g/mol. The number of rotatable bonds is 5. The van der Waals surface area contributed by atoms with Crippen LogP contribution in [-0.4, -0.2) is 47.9 Å². The van der Waals surface area contributed by atoms with Crippen LogP contribution in [0.25, 0.3) is 0 Å². The Morgan fingerprint density at radius 2 is 1.90 bits per heavy atom. The van der Waals surface area contributed by atoms with Crippen LogP contribution in [0.4, 0.5) is 13.2 Å². The van der Waals surface area contributed by atoms with E-state index in [1.54, 1.807) is 0 Å². The molecule has 0 radical (unpaired) electrons. The van der Waals surface area contributed by atoms with E-state index < -0.39 is 5.51 Å². The first-order valence-electron chi connectivity index (χ1n) is 8.17. The minimum absolute atomic E-state index is 0.123. The standard InChI is InChI=1S/C15H27F3N2S/c1-2-13-11-20(8-9-21-15(16,17)18)14(10-19-13)12-6-4-3-5-7-12/h12-14,19H,2-11H2,1H3. The largest absolute Gasteiger partial charge is 0.441 e. The minimum Gasteiger partial charge on any atom is -0.311 e. The van der Waals surface area contributed by atoms with Gasteiger partial charge in [-0.3, -0.25) is 4.90 Å². The average Bonchev–Trinajstić information content (AvgIpc) is 2.46. The van der Waals surface area contributed by atoms with E-state index >= 15 is 0 Å². The van der Waals surface area contributed by atoms with Gasteiger partial charge in [-0.1, -0.05) is 26.2 Å². The maximum atomic E-state index is 12.3. The van der Waals surface area contributed by atoms with Crippen molar-refractivity contribution in [2.75, 3.05) is 25.4 Å². The fraction of sp³-hybridized carbons (Fsp3) is 1.00. The molecule has 1 heterocycles. The molecule has 1 aliphatic heterocycles. The van der Waals surface area contributed by atoms with E-state index in [0.29, 0.717) is 24.5 Å². The van der Waals surface area contributed by atoms with Crippen LogP contribution in [0.15, 0.2) is 0 Å². The second kappa shape index (κ2) is 8.06. The molecule has 6 heteroatoms. The monoisotopic (exact) mass is 324 g/mol. The second-order valence-electron chi connectivity index (χ2n) is 6.27. The van der Waals surface area contributed by atoms with Crippen molar-refractivity contribution in [2.45, 2.75) is 63.0 Å². The predicted octanol–water partition coefficient (Wildman–Crippen LogP) is 3.87. The van der Waals surface area contributed by atoms with Gasteiger partial charge in [0.15, 0.2) is 0 Å². The fourth-order valence-electron chi connectivity index (χ4n) is 3.69. The van der Waals surface area contributed by atoms with E-state index in [2.05, 4.69) is 17.1 Å². The molecule has 2 aliphatic rings. The Morgan fingerprint density at radius 3 is 2.52 bits per heavy atom. The van der Waals surface area contributed by atoms with Crippen molar-refractivity contribution in [3.05, 3.63) is 0 Å². The van der Waals surface area contributed by atoms with Crippen LogP contribution in [0, 0.1) is 5.92 Å². The lowest BCUT2D eigenvalue weighted by Crippen LogP contribution is -2.59. The van der Waals surface area contributed by atoms with Crippen molar-refractivity contribution in [2.24, 2.45) is 5.92 Å². The zero-order chi connectivity index (χ0) is 15.3. The van der Waals surface area contributed by atoms with Gasteiger partial charge in [0.25, 0.3) is 0 Å². The van der Waals surface area contributed by atoms with Crippen LogP contribution in [0.2, 0.25) is 0 Å². The maximum Gasteiger partial charge on any atom is 0.441 e. The summed E-state index contributed by atoms with van der Waals surface area (Å²) in [7, 11) is 0. The molecule has 2 fully saturated rings. The molecule has 1 N–H and O–H groups in total. The minimum atomic E-state index is -4.10. The fourth-order valence-corrected chi connectivity index (χ4v) is 4.25. The molecule has 1 saturated heterocycles. The lowest BCUT2D eigenvalue weighted by Gasteiger charge is -2.45. The number of piperazine rings is 1. The number of thioether (sulfide) groups is 1. The van der Waals surface area contributed by atoms with Crippen molar-refractivity contribution in [3.8, 4) is 0 Å². The van der Waals surface area contributed by atoms with Crippen molar-refractivity contribution in [3.63, 3.8) is 0 Å². The molecule has 2 rings (SSSR count). The number of alkyl halides is 3. The van der Waals surface area contributed by atoms with Gasteiger partial charge < -0.3 is 5.32 Å². The van der Waals surface area contributed by atoms with Gasteiger partial charge in [-0.2, -0.15) is 13.2 Å². The molecule has 0 aromatic rings. The first-order chi connectivity index (χ1) is 9.99. The molecule has 0 aromatic heterocycles. The SMILES string of the molecule is CCC1CN(CCSC(F)(F)F)C(C2CCCCC2)CN1. The first kappa shape index (κ1) is 17.4. The Kier molecular flexibility index (Phi) is 6.69. The molecule has 2 nitrogen and oxygen atoms in total. The summed E-state index contributed by atoms with van der Waals surface area (Å²) in [5.41, 5.74) is -4.10. The van der Waals surface area contributed by atoms with Crippen molar-refractivity contribution >= 4 is 11.8 Å². The van der Waals surface area contributed by atoms with E-state index in [9.17, 15) is 13.2 Å². The van der Waals surface area contributed by atoms with Crippen LogP contribution in [-0.2, 0) is 0 Å². The lowest BCUT2D eigenvalue weighted by molar-refractivity contribution is -0.0330. The zero-order valence-electron chi connectivity index (χ0n) is 12.8. The van der Waals surface area contributed by atoms with Crippen molar-refractivity contribution < 1.29 is 13.2 Å². The molecule has 0 amide bonds. The summed E-state index contributed by atoms with van der Waals surface area (Å²) in [6.45, 7) is 4.54. The van der Waals surface area contributed by atoms with Crippen LogP contribution < -0.4 is 5.32 Å². The van der Waals surface area contributed by atoms with E-state index in [1.165, 1.54) is 32.1 Å². The highest BCUT2D eigenvalue weighted by Crippen LogP contribution is 2.32. The third-order valence-electron chi connectivity index (χ3n) is 4.87. The van der Waals surface area contributed by atoms with Crippen LogP contribution in [0.1, 0.15) is 45.4 Å². The summed E-state index contributed by atoms with van der Waals surface area (Å²) in [4.78, 5) is 2.33. The van der Waals surface area contributed by atoms with Gasteiger partial charge in [0.2, 0.25) is 0 Å². The Bertz CT molecular complexity index is 306. The molecule has 0 spiro atoms. The highest BCUT2D eigenvalue weighted by atomic mass is 32.2. The predicted molar refractivity (Wildman–Crippen MR) is 82.5 cm³/mol. The number of nitrogens with one attached hydrogen (secondary N) is 1. The Labute approximate surface area is 130 Å². The molecule has 2 atom stereocenters. The molecule has 0 bridgehead atoms. The lowest BCUT2D eigenvalue weighted by atomic mass is 9.82. The Balaban J connectivity index is 1.89. The van der Waals surface area contributed by atoms with Crippen LogP contribution >= 0.6 is 11.8 Å². The van der Waals surface area contributed by atoms with Crippen molar-refractivity contribution in [1.82, 2.24) is 10.2 Å². The summed E-state index contributed by atoms with van der Waals surface area (Å²) in [5, 5.41) is 3.58. The summed E-state index contributed by atoms with van der Waals surface area (Å²) >= 11 is 0.123.